The standard InChI is InChI=1S/C18H33N3/c1-5-11-19-18(17-10-8-9-14(17)4)13-16-12-15(6-2)20-21(16)7-3/h12,14,17-19H,5-11,13H2,1-4H3. The summed E-state index contributed by atoms with van der Waals surface area (Å²) in [6.07, 6.45) is 7.59. The minimum Gasteiger partial charge on any atom is -0.313 e. The highest BCUT2D eigenvalue weighted by atomic mass is 15.3. The fourth-order valence-electron chi connectivity index (χ4n) is 3.83. The summed E-state index contributed by atoms with van der Waals surface area (Å²) in [6.45, 7) is 11.2. The Labute approximate surface area is 130 Å². The Morgan fingerprint density at radius 2 is 2.14 bits per heavy atom. The molecule has 3 atom stereocenters. The van der Waals surface area contributed by atoms with Gasteiger partial charge >= 0.3 is 0 Å². The van der Waals surface area contributed by atoms with Crippen LogP contribution in [0, 0.1) is 11.8 Å². The van der Waals surface area contributed by atoms with Crippen molar-refractivity contribution in [1.29, 1.82) is 0 Å². The SMILES string of the molecule is CCCNC(Cc1cc(CC)nn1CC)C1CCCC1C. The molecule has 1 aliphatic rings. The molecule has 1 heterocycles. The summed E-state index contributed by atoms with van der Waals surface area (Å²) in [5.41, 5.74) is 2.66. The van der Waals surface area contributed by atoms with Crippen LogP contribution in [-0.4, -0.2) is 22.4 Å². The van der Waals surface area contributed by atoms with Crippen molar-refractivity contribution < 1.29 is 0 Å². The summed E-state index contributed by atoms with van der Waals surface area (Å²) in [4.78, 5) is 0. The lowest BCUT2D eigenvalue weighted by Gasteiger charge is -2.28. The first-order valence-corrected chi connectivity index (χ1v) is 8.98. The predicted molar refractivity (Wildman–Crippen MR) is 89.6 cm³/mol. The van der Waals surface area contributed by atoms with Crippen LogP contribution in [0.1, 0.15) is 64.8 Å². The van der Waals surface area contributed by atoms with E-state index in [9.17, 15) is 0 Å². The van der Waals surface area contributed by atoms with E-state index in [1.165, 1.54) is 37.1 Å². The first-order valence-electron chi connectivity index (χ1n) is 8.98. The monoisotopic (exact) mass is 291 g/mol. The van der Waals surface area contributed by atoms with Crippen LogP contribution in [0.25, 0.3) is 0 Å². The van der Waals surface area contributed by atoms with Crippen LogP contribution in [0.3, 0.4) is 0 Å². The van der Waals surface area contributed by atoms with Gasteiger partial charge in [0.1, 0.15) is 0 Å². The van der Waals surface area contributed by atoms with Gasteiger partial charge in [0.2, 0.25) is 0 Å². The number of nitrogens with one attached hydrogen (secondary N) is 1. The molecular weight excluding hydrogens is 258 g/mol. The number of aryl methyl sites for hydroxylation is 2. The van der Waals surface area contributed by atoms with Crippen LogP contribution in [-0.2, 0) is 19.4 Å². The van der Waals surface area contributed by atoms with Crippen LogP contribution in [0.2, 0.25) is 0 Å². The molecule has 1 aromatic heterocycles. The molecule has 0 aromatic carbocycles. The third kappa shape index (κ3) is 4.09. The summed E-state index contributed by atoms with van der Waals surface area (Å²) in [5, 5.41) is 8.54. The van der Waals surface area contributed by atoms with Gasteiger partial charge in [0.25, 0.3) is 0 Å². The molecule has 3 unspecified atom stereocenters. The molecule has 120 valence electrons. The average Bonchev–Trinajstić information content (AvgIpc) is 3.09. The molecule has 0 spiro atoms. The Kier molecular flexibility index (Phi) is 6.28. The van der Waals surface area contributed by atoms with Gasteiger partial charge < -0.3 is 5.32 Å². The van der Waals surface area contributed by atoms with Crippen LogP contribution in [0.15, 0.2) is 6.07 Å². The Balaban J connectivity index is 2.11. The van der Waals surface area contributed by atoms with Crippen molar-refractivity contribution in [1.82, 2.24) is 15.1 Å². The zero-order valence-corrected chi connectivity index (χ0v) is 14.4. The minimum atomic E-state index is 0.620. The number of nitrogens with zero attached hydrogens (tertiary/aromatic N) is 2. The van der Waals surface area contributed by atoms with E-state index in [-0.39, 0.29) is 0 Å². The summed E-state index contributed by atoms with van der Waals surface area (Å²) in [5.74, 6) is 1.70. The Hall–Kier alpha value is -0.830. The van der Waals surface area contributed by atoms with E-state index >= 15 is 0 Å². The molecule has 2 rings (SSSR count). The third-order valence-electron chi connectivity index (χ3n) is 5.11. The van der Waals surface area contributed by atoms with E-state index in [4.69, 9.17) is 5.10 Å². The third-order valence-corrected chi connectivity index (χ3v) is 5.11. The summed E-state index contributed by atoms with van der Waals surface area (Å²) in [6, 6.07) is 2.94. The van der Waals surface area contributed by atoms with Gasteiger partial charge in [-0.1, -0.05) is 33.6 Å². The van der Waals surface area contributed by atoms with Crippen LogP contribution in [0.4, 0.5) is 0 Å². The van der Waals surface area contributed by atoms with Crippen molar-refractivity contribution in [2.24, 2.45) is 11.8 Å². The fourth-order valence-corrected chi connectivity index (χ4v) is 3.83. The number of hydrogen-bond donors (Lipinski definition) is 1. The fraction of sp³-hybridized carbons (Fsp3) is 0.833. The molecule has 1 saturated carbocycles. The largest absolute Gasteiger partial charge is 0.313 e. The van der Waals surface area contributed by atoms with Crippen molar-refractivity contribution in [2.75, 3.05) is 6.54 Å². The van der Waals surface area contributed by atoms with E-state index in [1.54, 1.807) is 0 Å². The lowest BCUT2D eigenvalue weighted by Crippen LogP contribution is -2.40. The van der Waals surface area contributed by atoms with E-state index in [1.807, 2.05) is 0 Å². The lowest BCUT2D eigenvalue weighted by molar-refractivity contribution is 0.291. The maximum atomic E-state index is 4.72. The normalized spacial score (nSPS) is 23.6. The highest BCUT2D eigenvalue weighted by Crippen LogP contribution is 2.34. The molecule has 1 aromatic rings. The molecule has 0 saturated heterocycles. The molecule has 3 nitrogen and oxygen atoms in total. The Bertz CT molecular complexity index is 424. The molecule has 0 radical (unpaired) electrons. The number of hydrogen-bond acceptors (Lipinski definition) is 2. The zero-order chi connectivity index (χ0) is 15.2. The number of aromatic nitrogens is 2. The summed E-state index contributed by atoms with van der Waals surface area (Å²) in [7, 11) is 0. The molecule has 1 fully saturated rings. The minimum absolute atomic E-state index is 0.620. The molecule has 1 N–H and O–H groups in total. The molecule has 1 aliphatic carbocycles. The van der Waals surface area contributed by atoms with E-state index in [0.717, 1.165) is 37.8 Å². The summed E-state index contributed by atoms with van der Waals surface area (Å²) < 4.78 is 2.21. The smallest absolute Gasteiger partial charge is 0.0624 e. The molecule has 0 bridgehead atoms. The van der Waals surface area contributed by atoms with Crippen molar-refractivity contribution >= 4 is 0 Å². The van der Waals surface area contributed by atoms with Gasteiger partial charge in [0.05, 0.1) is 5.69 Å². The van der Waals surface area contributed by atoms with Gasteiger partial charge in [-0.05, 0) is 50.6 Å². The van der Waals surface area contributed by atoms with Crippen molar-refractivity contribution in [3.63, 3.8) is 0 Å². The van der Waals surface area contributed by atoms with Gasteiger partial charge in [0, 0.05) is 24.7 Å². The maximum Gasteiger partial charge on any atom is 0.0624 e. The van der Waals surface area contributed by atoms with Crippen molar-refractivity contribution in [3.8, 4) is 0 Å². The molecule has 3 heteroatoms. The van der Waals surface area contributed by atoms with Gasteiger partial charge in [-0.25, -0.2) is 0 Å². The van der Waals surface area contributed by atoms with Crippen LogP contribution >= 0.6 is 0 Å². The Morgan fingerprint density at radius 1 is 1.33 bits per heavy atom. The highest BCUT2D eigenvalue weighted by Gasteiger charge is 2.31. The first kappa shape index (κ1) is 16.5. The predicted octanol–water partition coefficient (Wildman–Crippen LogP) is 3.81. The summed E-state index contributed by atoms with van der Waals surface area (Å²) >= 11 is 0. The molecule has 21 heavy (non-hydrogen) atoms. The van der Waals surface area contributed by atoms with Crippen LogP contribution < -0.4 is 5.32 Å². The molecule has 0 amide bonds. The topological polar surface area (TPSA) is 29.9 Å². The molecule has 0 aliphatic heterocycles. The second-order valence-corrected chi connectivity index (χ2v) is 6.63. The average molecular weight is 291 g/mol. The van der Waals surface area contributed by atoms with Gasteiger partial charge in [0.15, 0.2) is 0 Å². The van der Waals surface area contributed by atoms with Crippen LogP contribution in [0.5, 0.6) is 0 Å². The number of rotatable bonds is 8. The van der Waals surface area contributed by atoms with Crippen molar-refractivity contribution in [3.05, 3.63) is 17.5 Å². The highest BCUT2D eigenvalue weighted by molar-refractivity contribution is 5.12. The van der Waals surface area contributed by atoms with Gasteiger partial charge in [-0.3, -0.25) is 4.68 Å². The zero-order valence-electron chi connectivity index (χ0n) is 14.4. The quantitative estimate of drug-likeness (QED) is 0.789. The second-order valence-electron chi connectivity index (χ2n) is 6.63. The van der Waals surface area contributed by atoms with E-state index < -0.39 is 0 Å². The van der Waals surface area contributed by atoms with E-state index in [2.05, 4.69) is 43.8 Å². The molecular formula is C18H33N3. The van der Waals surface area contributed by atoms with Gasteiger partial charge in [-0.15, -0.1) is 0 Å². The second kappa shape index (κ2) is 7.98. The van der Waals surface area contributed by atoms with E-state index in [0.29, 0.717) is 6.04 Å². The maximum absolute atomic E-state index is 4.72. The van der Waals surface area contributed by atoms with Gasteiger partial charge in [-0.2, -0.15) is 5.10 Å². The Morgan fingerprint density at radius 3 is 2.71 bits per heavy atom. The lowest BCUT2D eigenvalue weighted by atomic mass is 9.87. The first-order chi connectivity index (χ1) is 10.2. The van der Waals surface area contributed by atoms with Crippen molar-refractivity contribution in [2.45, 2.75) is 78.8 Å².